The van der Waals surface area contributed by atoms with Crippen LogP contribution < -0.4 is 15.2 Å². The van der Waals surface area contributed by atoms with Gasteiger partial charge in [0, 0.05) is 24.3 Å². The maximum atomic E-state index is 13.8. The van der Waals surface area contributed by atoms with Crippen molar-refractivity contribution >= 4 is 16.6 Å². The number of rotatable bonds is 5. The fourth-order valence-corrected chi connectivity index (χ4v) is 4.40. The third-order valence-corrected chi connectivity index (χ3v) is 6.01. The second kappa shape index (κ2) is 8.87. The van der Waals surface area contributed by atoms with Gasteiger partial charge in [0.05, 0.1) is 23.2 Å². The highest BCUT2D eigenvalue weighted by molar-refractivity contribution is 5.84. The molecule has 1 fully saturated rings. The maximum Gasteiger partial charge on any atom is 0.266 e. The number of fused-ring (bicyclic) bond motifs is 1. The van der Waals surface area contributed by atoms with Crippen molar-refractivity contribution in [1.29, 1.82) is 0 Å². The van der Waals surface area contributed by atoms with Crippen LogP contribution in [-0.2, 0) is 0 Å². The largest absolute Gasteiger partial charge is 0.494 e. The number of hydrogen-bond donors (Lipinski definition) is 0. The molecular weight excluding hydrogens is 398 g/mol. The summed E-state index contributed by atoms with van der Waals surface area (Å²) in [5.41, 5.74) is 3.44. The van der Waals surface area contributed by atoms with Crippen LogP contribution in [0.15, 0.2) is 77.6 Å². The van der Waals surface area contributed by atoms with Crippen molar-refractivity contribution in [2.24, 2.45) is 0 Å². The monoisotopic (exact) mass is 425 g/mol. The van der Waals surface area contributed by atoms with E-state index in [1.807, 2.05) is 73.7 Å². The smallest absolute Gasteiger partial charge is 0.266 e. The van der Waals surface area contributed by atoms with Gasteiger partial charge in [-0.15, -0.1) is 0 Å². The summed E-state index contributed by atoms with van der Waals surface area (Å²) in [6.45, 7) is 4.63. The Kier molecular flexibility index (Phi) is 5.63. The normalized spacial score (nSPS) is 14.0. The molecule has 0 atom stereocenters. The van der Waals surface area contributed by atoms with Gasteiger partial charge < -0.3 is 9.64 Å². The second-order valence-corrected chi connectivity index (χ2v) is 8.12. The molecule has 0 saturated carbocycles. The molecule has 2 heterocycles. The maximum absolute atomic E-state index is 13.8. The van der Waals surface area contributed by atoms with Crippen LogP contribution in [0.5, 0.6) is 5.75 Å². The first kappa shape index (κ1) is 20.3. The minimum Gasteiger partial charge on any atom is -0.494 e. The molecule has 0 unspecified atom stereocenters. The molecule has 0 spiro atoms. The van der Waals surface area contributed by atoms with E-state index in [-0.39, 0.29) is 5.56 Å². The van der Waals surface area contributed by atoms with Crippen LogP contribution in [-0.4, -0.2) is 29.2 Å². The van der Waals surface area contributed by atoms with Crippen LogP contribution in [0.3, 0.4) is 0 Å². The highest BCUT2D eigenvalue weighted by Crippen LogP contribution is 2.27. The standard InChI is InChI=1S/C27H27N3O2/c1-2-32-23-14-11-21(12-15-23)30-26(20-9-5-3-6-10-20)28-25-16-13-22(19-24(25)27(30)31)29-17-7-4-8-18-29/h3,5-6,9-16,19H,2,4,7-8,17-18H2,1H3. The molecule has 5 nitrogen and oxygen atoms in total. The molecule has 0 amide bonds. The van der Waals surface area contributed by atoms with Crippen LogP contribution in [0.1, 0.15) is 26.2 Å². The van der Waals surface area contributed by atoms with Crippen molar-refractivity contribution in [3.63, 3.8) is 0 Å². The lowest BCUT2D eigenvalue weighted by molar-refractivity contribution is 0.340. The van der Waals surface area contributed by atoms with Crippen LogP contribution >= 0.6 is 0 Å². The topological polar surface area (TPSA) is 47.4 Å². The summed E-state index contributed by atoms with van der Waals surface area (Å²) in [5, 5.41) is 0.640. The number of hydrogen-bond acceptors (Lipinski definition) is 4. The molecule has 0 radical (unpaired) electrons. The first-order chi connectivity index (χ1) is 15.7. The highest BCUT2D eigenvalue weighted by atomic mass is 16.5. The van der Waals surface area contributed by atoms with E-state index in [4.69, 9.17) is 9.72 Å². The van der Waals surface area contributed by atoms with Crippen molar-refractivity contribution in [3.05, 3.63) is 83.2 Å². The Bertz CT molecular complexity index is 1270. The van der Waals surface area contributed by atoms with E-state index >= 15 is 0 Å². The van der Waals surface area contributed by atoms with Gasteiger partial charge in [-0.2, -0.15) is 0 Å². The summed E-state index contributed by atoms with van der Waals surface area (Å²) in [6, 6.07) is 23.6. The predicted octanol–water partition coefficient (Wildman–Crippen LogP) is 5.44. The lowest BCUT2D eigenvalue weighted by Gasteiger charge is -2.29. The number of anilines is 1. The van der Waals surface area contributed by atoms with Gasteiger partial charge in [-0.05, 0) is 68.7 Å². The van der Waals surface area contributed by atoms with E-state index in [9.17, 15) is 4.79 Å². The summed E-state index contributed by atoms with van der Waals surface area (Å²) in [5.74, 6) is 1.42. The summed E-state index contributed by atoms with van der Waals surface area (Å²) >= 11 is 0. The Morgan fingerprint density at radius 1 is 0.875 bits per heavy atom. The van der Waals surface area contributed by atoms with E-state index in [0.717, 1.165) is 41.3 Å². The van der Waals surface area contributed by atoms with Crippen molar-refractivity contribution in [2.75, 3.05) is 24.6 Å². The van der Waals surface area contributed by atoms with Crippen molar-refractivity contribution in [3.8, 4) is 22.8 Å². The molecule has 32 heavy (non-hydrogen) atoms. The van der Waals surface area contributed by atoms with Crippen LogP contribution in [0.2, 0.25) is 0 Å². The van der Waals surface area contributed by atoms with E-state index in [1.54, 1.807) is 4.57 Å². The minimum atomic E-state index is -0.0585. The van der Waals surface area contributed by atoms with Gasteiger partial charge in [0.15, 0.2) is 0 Å². The molecule has 0 bridgehead atoms. The lowest BCUT2D eigenvalue weighted by Crippen LogP contribution is -2.29. The molecule has 3 aromatic carbocycles. The Balaban J connectivity index is 1.70. The van der Waals surface area contributed by atoms with Gasteiger partial charge in [0.1, 0.15) is 11.6 Å². The molecule has 5 heteroatoms. The minimum absolute atomic E-state index is 0.0585. The van der Waals surface area contributed by atoms with Crippen molar-refractivity contribution < 1.29 is 4.74 Å². The van der Waals surface area contributed by atoms with Crippen molar-refractivity contribution in [1.82, 2.24) is 9.55 Å². The molecule has 1 aromatic heterocycles. The first-order valence-corrected chi connectivity index (χ1v) is 11.3. The Hall–Kier alpha value is -3.60. The molecule has 0 aliphatic carbocycles. The summed E-state index contributed by atoms with van der Waals surface area (Å²) in [4.78, 5) is 21.2. The van der Waals surface area contributed by atoms with Gasteiger partial charge in [-0.1, -0.05) is 30.3 Å². The van der Waals surface area contributed by atoms with E-state index in [1.165, 1.54) is 19.3 Å². The quantitative estimate of drug-likeness (QED) is 0.427. The average molecular weight is 426 g/mol. The van der Waals surface area contributed by atoms with Gasteiger partial charge in [0.25, 0.3) is 5.56 Å². The first-order valence-electron chi connectivity index (χ1n) is 11.3. The molecule has 0 N–H and O–H groups in total. The van der Waals surface area contributed by atoms with Gasteiger partial charge in [0.2, 0.25) is 0 Å². The SMILES string of the molecule is CCOc1ccc(-n2c(-c3ccccc3)nc3ccc(N4CCCCC4)cc3c2=O)cc1. The third-order valence-electron chi connectivity index (χ3n) is 6.01. The van der Waals surface area contributed by atoms with Crippen molar-refractivity contribution in [2.45, 2.75) is 26.2 Å². The number of piperidine rings is 1. The zero-order chi connectivity index (χ0) is 21.9. The molecule has 4 aromatic rings. The Morgan fingerprint density at radius 3 is 2.31 bits per heavy atom. The van der Waals surface area contributed by atoms with Gasteiger partial charge >= 0.3 is 0 Å². The van der Waals surface area contributed by atoms with E-state index in [0.29, 0.717) is 17.8 Å². The molecule has 1 saturated heterocycles. The van der Waals surface area contributed by atoms with Crippen LogP contribution in [0, 0.1) is 0 Å². The zero-order valence-electron chi connectivity index (χ0n) is 18.3. The zero-order valence-corrected chi connectivity index (χ0v) is 18.3. The average Bonchev–Trinajstić information content (AvgIpc) is 2.86. The number of ether oxygens (including phenoxy) is 1. The Labute approximate surface area is 187 Å². The Morgan fingerprint density at radius 2 is 1.59 bits per heavy atom. The summed E-state index contributed by atoms with van der Waals surface area (Å²) in [6.07, 6.45) is 3.66. The van der Waals surface area contributed by atoms with Gasteiger partial charge in [-0.3, -0.25) is 9.36 Å². The molecule has 5 rings (SSSR count). The van der Waals surface area contributed by atoms with E-state index in [2.05, 4.69) is 11.0 Å². The predicted molar refractivity (Wildman–Crippen MR) is 130 cm³/mol. The summed E-state index contributed by atoms with van der Waals surface area (Å²) < 4.78 is 7.30. The fraction of sp³-hybridized carbons (Fsp3) is 0.259. The molecule has 1 aliphatic rings. The van der Waals surface area contributed by atoms with Crippen LogP contribution in [0.25, 0.3) is 28.0 Å². The number of aromatic nitrogens is 2. The van der Waals surface area contributed by atoms with E-state index < -0.39 is 0 Å². The molecule has 162 valence electrons. The third kappa shape index (κ3) is 3.86. The lowest BCUT2D eigenvalue weighted by atomic mass is 10.1. The summed E-state index contributed by atoms with van der Waals surface area (Å²) in [7, 11) is 0. The fourth-order valence-electron chi connectivity index (χ4n) is 4.40. The molecular formula is C27H27N3O2. The van der Waals surface area contributed by atoms with Gasteiger partial charge in [-0.25, -0.2) is 4.98 Å². The highest BCUT2D eigenvalue weighted by Gasteiger charge is 2.17. The number of nitrogens with zero attached hydrogens (tertiary/aromatic N) is 3. The second-order valence-electron chi connectivity index (χ2n) is 8.12. The number of benzene rings is 3. The van der Waals surface area contributed by atoms with Crippen LogP contribution in [0.4, 0.5) is 5.69 Å². The molecule has 1 aliphatic heterocycles.